The highest BCUT2D eigenvalue weighted by Crippen LogP contribution is 2.43. The molecular formula is C42H56O3. The van der Waals surface area contributed by atoms with Gasteiger partial charge in [-0.25, -0.2) is 0 Å². The smallest absolute Gasteiger partial charge is 0.187 e. The Kier molecular flexibility index (Phi) is 13.9. The molecule has 2 aliphatic rings. The number of ketones is 2. The predicted molar refractivity (Wildman–Crippen MR) is 193 cm³/mol. The Bertz CT molecular complexity index is 1460. The SMILES string of the molecule is CCC1=C(/C=C/C(C)=C/C=C/C(C)=C/C=C/C=C(C)/C=C/C=C(C)/C=C/C2=C(C)C(=O)C(O)CC2(C)C)C(C)(C)CC(C)C1=O. The molecule has 3 heteroatoms. The third kappa shape index (κ3) is 11.1. The first-order valence-corrected chi connectivity index (χ1v) is 16.3. The topological polar surface area (TPSA) is 54.4 Å². The van der Waals surface area contributed by atoms with Gasteiger partial charge in [0.25, 0.3) is 0 Å². The fraction of sp³-hybridized carbons (Fsp3) is 0.429. The zero-order valence-corrected chi connectivity index (χ0v) is 29.6. The van der Waals surface area contributed by atoms with E-state index in [9.17, 15) is 14.7 Å². The van der Waals surface area contributed by atoms with Crippen LogP contribution in [0.25, 0.3) is 0 Å². The molecule has 0 bridgehead atoms. The molecule has 242 valence electrons. The Morgan fingerprint density at radius 1 is 0.689 bits per heavy atom. The minimum absolute atomic E-state index is 0.00600. The lowest BCUT2D eigenvalue weighted by Gasteiger charge is -2.36. The highest BCUT2D eigenvalue weighted by atomic mass is 16.3. The van der Waals surface area contributed by atoms with Gasteiger partial charge >= 0.3 is 0 Å². The first kappa shape index (κ1) is 37.6. The third-order valence-corrected chi connectivity index (χ3v) is 8.77. The fourth-order valence-electron chi connectivity index (χ4n) is 6.19. The van der Waals surface area contributed by atoms with Crippen LogP contribution in [0.1, 0.15) is 95.4 Å². The molecule has 0 aromatic carbocycles. The van der Waals surface area contributed by atoms with Crippen molar-refractivity contribution in [2.45, 2.75) is 102 Å². The lowest BCUT2D eigenvalue weighted by molar-refractivity contribution is -0.125. The molecule has 0 spiro atoms. The van der Waals surface area contributed by atoms with Gasteiger partial charge in [0.05, 0.1) is 0 Å². The van der Waals surface area contributed by atoms with E-state index in [1.807, 2.05) is 44.2 Å². The van der Waals surface area contributed by atoms with Crippen LogP contribution in [0.5, 0.6) is 0 Å². The number of hydrogen-bond acceptors (Lipinski definition) is 3. The first-order valence-electron chi connectivity index (χ1n) is 16.3. The van der Waals surface area contributed by atoms with Crippen LogP contribution in [-0.4, -0.2) is 22.8 Å². The molecular weight excluding hydrogens is 552 g/mol. The van der Waals surface area contributed by atoms with Crippen molar-refractivity contribution in [3.05, 3.63) is 130 Å². The summed E-state index contributed by atoms with van der Waals surface area (Å²) >= 11 is 0. The first-order chi connectivity index (χ1) is 21.0. The second kappa shape index (κ2) is 16.7. The summed E-state index contributed by atoms with van der Waals surface area (Å²) in [6.45, 7) is 22.8. The highest BCUT2D eigenvalue weighted by molar-refractivity contribution is 6.00. The number of aliphatic hydroxyl groups is 1. The van der Waals surface area contributed by atoms with Crippen molar-refractivity contribution in [3.8, 4) is 0 Å². The van der Waals surface area contributed by atoms with Gasteiger partial charge in [-0.1, -0.05) is 149 Å². The molecule has 0 amide bonds. The summed E-state index contributed by atoms with van der Waals surface area (Å²) < 4.78 is 0. The van der Waals surface area contributed by atoms with E-state index in [1.54, 1.807) is 6.92 Å². The highest BCUT2D eigenvalue weighted by Gasteiger charge is 2.37. The number of Topliss-reactive ketones (excluding diaryl/α,β-unsaturated/α-hetero) is 2. The Balaban J connectivity index is 1.97. The molecule has 1 N–H and O–H groups in total. The molecule has 3 nitrogen and oxygen atoms in total. The van der Waals surface area contributed by atoms with E-state index in [4.69, 9.17) is 0 Å². The molecule has 0 aliphatic heterocycles. The monoisotopic (exact) mass is 608 g/mol. The minimum Gasteiger partial charge on any atom is -0.385 e. The van der Waals surface area contributed by atoms with Crippen LogP contribution in [0.4, 0.5) is 0 Å². The van der Waals surface area contributed by atoms with Crippen LogP contribution in [0.3, 0.4) is 0 Å². The van der Waals surface area contributed by atoms with Crippen molar-refractivity contribution >= 4 is 11.6 Å². The standard InChI is InChI=1S/C42H56O3/c1-12-35-37(41(8,9)27-33(6)39(35)44)26-24-32(5)22-16-20-30(3)18-14-13-17-29(2)19-15-21-31(4)23-25-36-34(7)40(45)38(43)28-42(36,10)11/h13-26,33,38,43H,12,27-28H2,1-11H3/b14-13+,19-15+,20-16+,25-23+,26-24+,29-17+,30-18+,31-21+,32-22+. The minimum atomic E-state index is -0.901. The molecule has 0 radical (unpaired) electrons. The van der Waals surface area contributed by atoms with Crippen LogP contribution in [0, 0.1) is 16.7 Å². The van der Waals surface area contributed by atoms with Gasteiger partial charge in [0.15, 0.2) is 11.6 Å². The summed E-state index contributed by atoms with van der Waals surface area (Å²) in [6.07, 6.45) is 30.2. The third-order valence-electron chi connectivity index (χ3n) is 8.77. The Hall–Kier alpha value is -3.56. The molecule has 2 unspecified atom stereocenters. The maximum Gasteiger partial charge on any atom is 0.187 e. The maximum absolute atomic E-state index is 12.7. The lowest BCUT2D eigenvalue weighted by Crippen LogP contribution is -2.35. The molecule has 0 saturated heterocycles. The number of aliphatic hydroxyl groups excluding tert-OH is 1. The zero-order chi connectivity index (χ0) is 33.9. The summed E-state index contributed by atoms with van der Waals surface area (Å²) in [5.41, 5.74) is 8.09. The van der Waals surface area contributed by atoms with Crippen LogP contribution in [0.15, 0.2) is 130 Å². The van der Waals surface area contributed by atoms with Crippen molar-refractivity contribution in [1.29, 1.82) is 0 Å². The van der Waals surface area contributed by atoms with Crippen molar-refractivity contribution in [1.82, 2.24) is 0 Å². The molecule has 0 aromatic rings. The van der Waals surface area contributed by atoms with Gasteiger partial charge in [-0.3, -0.25) is 9.59 Å². The molecule has 45 heavy (non-hydrogen) atoms. The van der Waals surface area contributed by atoms with Crippen molar-refractivity contribution in [2.24, 2.45) is 16.7 Å². The van der Waals surface area contributed by atoms with Crippen LogP contribution >= 0.6 is 0 Å². The van der Waals surface area contributed by atoms with Crippen LogP contribution in [-0.2, 0) is 9.59 Å². The average molecular weight is 609 g/mol. The van der Waals surface area contributed by atoms with E-state index in [0.29, 0.717) is 17.8 Å². The summed E-state index contributed by atoms with van der Waals surface area (Å²) in [7, 11) is 0. The predicted octanol–water partition coefficient (Wildman–Crippen LogP) is 10.6. The number of allylic oxidation sites excluding steroid dienone is 21. The van der Waals surface area contributed by atoms with E-state index in [2.05, 4.69) is 110 Å². The summed E-state index contributed by atoms with van der Waals surface area (Å²) in [5, 5.41) is 10.0. The van der Waals surface area contributed by atoms with Gasteiger partial charge in [-0.2, -0.15) is 0 Å². The molecule has 2 aliphatic carbocycles. The van der Waals surface area contributed by atoms with Crippen LogP contribution in [0.2, 0.25) is 0 Å². The van der Waals surface area contributed by atoms with Gasteiger partial charge in [-0.15, -0.1) is 0 Å². The van der Waals surface area contributed by atoms with Gasteiger partial charge < -0.3 is 5.11 Å². The van der Waals surface area contributed by atoms with Gasteiger partial charge in [-0.05, 0) is 87.0 Å². The molecule has 0 saturated carbocycles. The summed E-state index contributed by atoms with van der Waals surface area (Å²) in [5.74, 6) is 0.234. The van der Waals surface area contributed by atoms with E-state index in [0.717, 1.165) is 46.3 Å². The number of carbonyl (C=O) groups is 2. The summed E-state index contributed by atoms with van der Waals surface area (Å²) in [6, 6.07) is 0. The Morgan fingerprint density at radius 3 is 1.60 bits per heavy atom. The van der Waals surface area contributed by atoms with Crippen molar-refractivity contribution in [3.63, 3.8) is 0 Å². The average Bonchev–Trinajstić information content (AvgIpc) is 2.94. The van der Waals surface area contributed by atoms with Crippen molar-refractivity contribution < 1.29 is 14.7 Å². The second-order valence-corrected chi connectivity index (χ2v) is 14.0. The van der Waals surface area contributed by atoms with Gasteiger partial charge in [0, 0.05) is 5.92 Å². The number of carbonyl (C=O) groups excluding carboxylic acids is 2. The van der Waals surface area contributed by atoms with Gasteiger partial charge in [0.1, 0.15) is 6.10 Å². The molecule has 0 heterocycles. The van der Waals surface area contributed by atoms with E-state index in [1.165, 1.54) is 5.57 Å². The molecule has 0 fully saturated rings. The number of hydrogen-bond donors (Lipinski definition) is 1. The molecule has 2 rings (SSSR count). The number of rotatable bonds is 11. The molecule has 0 aromatic heterocycles. The van der Waals surface area contributed by atoms with Gasteiger partial charge in [0.2, 0.25) is 0 Å². The second-order valence-electron chi connectivity index (χ2n) is 14.0. The van der Waals surface area contributed by atoms with E-state index < -0.39 is 6.10 Å². The zero-order valence-electron chi connectivity index (χ0n) is 29.6. The maximum atomic E-state index is 12.7. The fourth-order valence-corrected chi connectivity index (χ4v) is 6.19. The molecule has 2 atom stereocenters. The van der Waals surface area contributed by atoms with Crippen LogP contribution < -0.4 is 0 Å². The van der Waals surface area contributed by atoms with E-state index in [-0.39, 0.29) is 22.5 Å². The van der Waals surface area contributed by atoms with E-state index >= 15 is 0 Å². The Labute approximate surface area is 273 Å². The normalized spacial score (nSPS) is 24.3. The Morgan fingerprint density at radius 2 is 1.11 bits per heavy atom. The van der Waals surface area contributed by atoms with Crippen molar-refractivity contribution in [2.75, 3.05) is 0 Å². The summed E-state index contributed by atoms with van der Waals surface area (Å²) in [4.78, 5) is 25.0. The largest absolute Gasteiger partial charge is 0.385 e. The quantitative estimate of drug-likeness (QED) is 0.237. The lowest BCUT2D eigenvalue weighted by atomic mass is 9.67.